The molecule has 0 saturated heterocycles. The smallest absolute Gasteiger partial charge is 0.235 e. The fourth-order valence-corrected chi connectivity index (χ4v) is 2.89. The van der Waals surface area contributed by atoms with Crippen LogP contribution in [0.25, 0.3) is 10.2 Å². The third-order valence-corrected chi connectivity index (χ3v) is 3.61. The Labute approximate surface area is 94.1 Å². The normalized spacial score (nSPS) is 10.9. The zero-order chi connectivity index (χ0) is 10.8. The van der Waals surface area contributed by atoms with Gasteiger partial charge in [-0.15, -0.1) is 0 Å². The molecular weight excluding hydrogens is 206 g/mol. The molecule has 0 aliphatic heterocycles. The maximum Gasteiger partial charge on any atom is 0.235 e. The fraction of sp³-hybridized carbons (Fsp3) is 0.417. The van der Waals surface area contributed by atoms with Gasteiger partial charge in [0.1, 0.15) is 17.0 Å². The van der Waals surface area contributed by atoms with Gasteiger partial charge < -0.3 is 4.74 Å². The van der Waals surface area contributed by atoms with Crippen LogP contribution in [-0.4, -0.2) is 7.11 Å². The summed E-state index contributed by atoms with van der Waals surface area (Å²) in [4.78, 5) is 0. The molecule has 0 aliphatic carbocycles. The quantitative estimate of drug-likeness (QED) is 0.728. The van der Waals surface area contributed by atoms with Gasteiger partial charge in [0.15, 0.2) is 0 Å². The van der Waals surface area contributed by atoms with Gasteiger partial charge in [0.25, 0.3) is 0 Å². The third kappa shape index (κ3) is 1.84. The zero-order valence-electron chi connectivity index (χ0n) is 9.41. The fourth-order valence-electron chi connectivity index (χ4n) is 1.81. The van der Waals surface area contributed by atoms with Crippen molar-refractivity contribution in [1.82, 2.24) is 0 Å². The number of benzene rings is 1. The summed E-state index contributed by atoms with van der Waals surface area (Å²) in [5.74, 6) is 0.937. The summed E-state index contributed by atoms with van der Waals surface area (Å²) in [6.45, 7) is 5.48. The molecule has 0 amide bonds. The third-order valence-electron chi connectivity index (χ3n) is 2.54. The lowest BCUT2D eigenvalue weighted by Crippen LogP contribution is -2.34. The Hall–Kier alpha value is -1.09. The van der Waals surface area contributed by atoms with Gasteiger partial charge in [-0.3, -0.25) is 0 Å². The Bertz CT molecular complexity index is 476. The van der Waals surface area contributed by atoms with Gasteiger partial charge in [0.2, 0.25) is 10.5 Å². The predicted molar refractivity (Wildman–Crippen MR) is 63.6 cm³/mol. The SMILES string of the molecule is CCC[n+]1c(C)sc2cc(OC)ccc21. The van der Waals surface area contributed by atoms with E-state index >= 15 is 0 Å². The molecule has 0 spiro atoms. The number of fused-ring (bicyclic) bond motifs is 1. The van der Waals surface area contributed by atoms with E-state index in [1.165, 1.54) is 21.6 Å². The number of methoxy groups -OCH3 is 1. The van der Waals surface area contributed by atoms with E-state index in [4.69, 9.17) is 4.74 Å². The molecule has 1 aromatic heterocycles. The van der Waals surface area contributed by atoms with Crippen LogP contribution >= 0.6 is 11.3 Å². The van der Waals surface area contributed by atoms with Crippen molar-refractivity contribution in [3.8, 4) is 5.75 Å². The number of ether oxygens (including phenoxy) is 1. The molecule has 0 unspecified atom stereocenters. The Morgan fingerprint density at radius 3 is 2.87 bits per heavy atom. The van der Waals surface area contributed by atoms with Crippen LogP contribution in [0.5, 0.6) is 5.75 Å². The topological polar surface area (TPSA) is 13.1 Å². The van der Waals surface area contributed by atoms with E-state index in [0.29, 0.717) is 0 Å². The summed E-state index contributed by atoms with van der Waals surface area (Å²) in [7, 11) is 1.71. The van der Waals surface area contributed by atoms with Gasteiger partial charge in [0, 0.05) is 25.5 Å². The number of hydrogen-bond acceptors (Lipinski definition) is 2. The lowest BCUT2D eigenvalue weighted by Gasteiger charge is -1.97. The van der Waals surface area contributed by atoms with E-state index in [2.05, 4.69) is 30.5 Å². The first-order valence-corrected chi connectivity index (χ1v) is 6.05. The van der Waals surface area contributed by atoms with E-state index in [-0.39, 0.29) is 0 Å². The lowest BCUT2D eigenvalue weighted by molar-refractivity contribution is -0.672. The Morgan fingerprint density at radius 1 is 1.40 bits per heavy atom. The van der Waals surface area contributed by atoms with Gasteiger partial charge in [-0.25, -0.2) is 0 Å². The van der Waals surface area contributed by atoms with Crippen molar-refractivity contribution in [2.75, 3.05) is 7.11 Å². The van der Waals surface area contributed by atoms with E-state index in [0.717, 1.165) is 12.3 Å². The minimum Gasteiger partial charge on any atom is -0.497 e. The summed E-state index contributed by atoms with van der Waals surface area (Å²) < 4.78 is 8.91. The molecule has 2 aromatic rings. The Balaban J connectivity index is 2.58. The average Bonchev–Trinajstić information content (AvgIpc) is 2.55. The van der Waals surface area contributed by atoms with Crippen LogP contribution in [0.3, 0.4) is 0 Å². The highest BCUT2D eigenvalue weighted by atomic mass is 32.1. The summed E-state index contributed by atoms with van der Waals surface area (Å²) in [6, 6.07) is 6.28. The summed E-state index contributed by atoms with van der Waals surface area (Å²) in [5, 5.41) is 1.36. The molecule has 0 aliphatic rings. The monoisotopic (exact) mass is 222 g/mol. The van der Waals surface area contributed by atoms with Crippen LogP contribution in [0, 0.1) is 6.92 Å². The largest absolute Gasteiger partial charge is 0.497 e. The van der Waals surface area contributed by atoms with E-state index < -0.39 is 0 Å². The van der Waals surface area contributed by atoms with E-state index in [1.807, 2.05) is 17.4 Å². The first-order chi connectivity index (χ1) is 7.26. The summed E-state index contributed by atoms with van der Waals surface area (Å²) in [5.41, 5.74) is 1.32. The molecule has 2 nitrogen and oxygen atoms in total. The molecule has 80 valence electrons. The minimum atomic E-state index is 0.937. The molecule has 0 fully saturated rings. The second-order valence-electron chi connectivity index (χ2n) is 3.61. The van der Waals surface area contributed by atoms with Crippen LogP contribution in [0.15, 0.2) is 18.2 Å². The van der Waals surface area contributed by atoms with Gasteiger partial charge in [-0.2, -0.15) is 4.57 Å². The van der Waals surface area contributed by atoms with Crippen molar-refractivity contribution < 1.29 is 9.30 Å². The predicted octanol–water partition coefficient (Wildman–Crippen LogP) is 2.92. The maximum atomic E-state index is 5.23. The van der Waals surface area contributed by atoms with Crippen LogP contribution in [0.4, 0.5) is 0 Å². The zero-order valence-corrected chi connectivity index (χ0v) is 10.2. The number of aromatic nitrogens is 1. The first-order valence-electron chi connectivity index (χ1n) is 5.23. The van der Waals surface area contributed by atoms with Gasteiger partial charge in [-0.1, -0.05) is 18.3 Å². The molecule has 2 rings (SSSR count). The van der Waals surface area contributed by atoms with Crippen LogP contribution in [0.2, 0.25) is 0 Å². The van der Waals surface area contributed by atoms with Crippen molar-refractivity contribution in [2.24, 2.45) is 0 Å². The van der Waals surface area contributed by atoms with Crippen LogP contribution < -0.4 is 9.30 Å². The van der Waals surface area contributed by atoms with Crippen molar-refractivity contribution in [2.45, 2.75) is 26.8 Å². The summed E-state index contributed by atoms with van der Waals surface area (Å²) in [6.07, 6.45) is 1.17. The summed E-state index contributed by atoms with van der Waals surface area (Å²) >= 11 is 1.83. The van der Waals surface area contributed by atoms with Crippen molar-refractivity contribution in [3.63, 3.8) is 0 Å². The molecule has 0 N–H and O–H groups in total. The number of hydrogen-bond donors (Lipinski definition) is 0. The Kier molecular flexibility index (Phi) is 2.91. The molecule has 3 heteroatoms. The van der Waals surface area contributed by atoms with Crippen LogP contribution in [0.1, 0.15) is 18.4 Å². The number of rotatable bonds is 3. The number of nitrogens with zero attached hydrogens (tertiary/aromatic N) is 1. The molecule has 15 heavy (non-hydrogen) atoms. The van der Waals surface area contributed by atoms with Gasteiger partial charge in [-0.05, 0) is 6.07 Å². The number of aryl methyl sites for hydroxylation is 2. The van der Waals surface area contributed by atoms with E-state index in [1.54, 1.807) is 7.11 Å². The molecule has 0 radical (unpaired) electrons. The minimum absolute atomic E-state index is 0.937. The molecule has 1 heterocycles. The van der Waals surface area contributed by atoms with Gasteiger partial charge in [0.05, 0.1) is 7.11 Å². The van der Waals surface area contributed by atoms with Crippen molar-refractivity contribution in [3.05, 3.63) is 23.2 Å². The highest BCUT2D eigenvalue weighted by molar-refractivity contribution is 7.18. The maximum absolute atomic E-state index is 5.23. The first kappa shape index (κ1) is 10.4. The average molecular weight is 222 g/mol. The number of thiazole rings is 1. The standard InChI is InChI=1S/C12H16NOS/c1-4-7-13-9(2)15-12-8-10(14-3)5-6-11(12)13/h5-6,8H,4,7H2,1-3H3/q+1. The second-order valence-corrected chi connectivity index (χ2v) is 4.84. The molecule has 0 atom stereocenters. The highest BCUT2D eigenvalue weighted by Crippen LogP contribution is 2.24. The lowest BCUT2D eigenvalue weighted by atomic mass is 10.3. The van der Waals surface area contributed by atoms with Crippen molar-refractivity contribution in [1.29, 1.82) is 0 Å². The Morgan fingerprint density at radius 2 is 2.20 bits per heavy atom. The highest BCUT2D eigenvalue weighted by Gasteiger charge is 2.16. The second kappa shape index (κ2) is 4.19. The van der Waals surface area contributed by atoms with Crippen molar-refractivity contribution >= 4 is 21.6 Å². The molecule has 1 aromatic carbocycles. The molecule has 0 bridgehead atoms. The van der Waals surface area contributed by atoms with E-state index in [9.17, 15) is 0 Å². The molecular formula is C12H16NOS+. The van der Waals surface area contributed by atoms with Crippen LogP contribution in [-0.2, 0) is 6.54 Å². The van der Waals surface area contributed by atoms with Gasteiger partial charge >= 0.3 is 0 Å². The molecule has 0 saturated carbocycles.